The summed E-state index contributed by atoms with van der Waals surface area (Å²) in [5.41, 5.74) is 2.57. The number of benzene rings is 1. The molecule has 0 aliphatic carbocycles. The van der Waals surface area contributed by atoms with Crippen molar-refractivity contribution in [3.05, 3.63) is 60.2 Å². The molecule has 0 radical (unpaired) electrons. The van der Waals surface area contributed by atoms with Gasteiger partial charge in [-0.2, -0.15) is 0 Å². The smallest absolute Gasteiger partial charge is 0.322 e. The lowest BCUT2D eigenvalue weighted by Gasteiger charge is -2.22. The summed E-state index contributed by atoms with van der Waals surface area (Å²) in [6, 6.07) is 13.2. The van der Waals surface area contributed by atoms with Crippen LogP contribution in [-0.2, 0) is 17.7 Å². The SMILES string of the molecule is CCc1cc(NC(=O)N(CCOC)Cc2ccco2)c2ccccc2n1. The Morgan fingerprint density at radius 2 is 2.12 bits per heavy atom. The van der Waals surface area contributed by atoms with Gasteiger partial charge in [0.1, 0.15) is 5.76 Å². The van der Waals surface area contributed by atoms with Crippen LogP contribution in [0.3, 0.4) is 0 Å². The molecule has 1 aromatic carbocycles. The number of aryl methyl sites for hydroxylation is 1. The summed E-state index contributed by atoms with van der Waals surface area (Å²) in [5, 5.41) is 3.95. The van der Waals surface area contributed by atoms with Crippen molar-refractivity contribution in [1.29, 1.82) is 0 Å². The largest absolute Gasteiger partial charge is 0.467 e. The standard InChI is InChI=1S/C20H23N3O3/c1-3-15-13-19(17-8-4-5-9-18(17)21-15)22-20(24)23(10-12-25-2)14-16-7-6-11-26-16/h4-9,11,13H,3,10,12,14H2,1-2H3,(H,21,22,24). The highest BCUT2D eigenvalue weighted by molar-refractivity contribution is 6.00. The van der Waals surface area contributed by atoms with Crippen molar-refractivity contribution in [1.82, 2.24) is 9.88 Å². The van der Waals surface area contributed by atoms with E-state index in [1.807, 2.05) is 49.4 Å². The lowest BCUT2D eigenvalue weighted by atomic mass is 10.1. The van der Waals surface area contributed by atoms with Crippen LogP contribution in [0.2, 0.25) is 0 Å². The summed E-state index contributed by atoms with van der Waals surface area (Å²) in [6.07, 6.45) is 2.40. The molecule has 0 unspecified atom stereocenters. The number of hydrogen-bond acceptors (Lipinski definition) is 4. The maximum absolute atomic E-state index is 12.9. The van der Waals surface area contributed by atoms with Crippen LogP contribution in [0, 0.1) is 0 Å². The lowest BCUT2D eigenvalue weighted by molar-refractivity contribution is 0.149. The molecule has 3 aromatic rings. The first-order valence-corrected chi connectivity index (χ1v) is 8.67. The quantitative estimate of drug-likeness (QED) is 0.695. The number of para-hydroxylation sites is 1. The van der Waals surface area contributed by atoms with Crippen molar-refractivity contribution in [2.45, 2.75) is 19.9 Å². The number of ether oxygens (including phenoxy) is 1. The van der Waals surface area contributed by atoms with Crippen molar-refractivity contribution < 1.29 is 13.9 Å². The zero-order valence-corrected chi connectivity index (χ0v) is 15.1. The molecule has 0 atom stereocenters. The predicted octanol–water partition coefficient (Wildman–Crippen LogP) is 4.07. The summed E-state index contributed by atoms with van der Waals surface area (Å²) in [4.78, 5) is 19.2. The van der Waals surface area contributed by atoms with E-state index in [4.69, 9.17) is 9.15 Å². The van der Waals surface area contributed by atoms with Gasteiger partial charge in [0.2, 0.25) is 0 Å². The maximum atomic E-state index is 12.9. The van der Waals surface area contributed by atoms with Crippen LogP contribution < -0.4 is 5.32 Å². The van der Waals surface area contributed by atoms with Gasteiger partial charge in [0.25, 0.3) is 0 Å². The molecule has 0 aliphatic heterocycles. The van der Waals surface area contributed by atoms with Gasteiger partial charge < -0.3 is 19.4 Å². The molecule has 3 rings (SSSR count). The number of nitrogens with one attached hydrogen (secondary N) is 1. The van der Waals surface area contributed by atoms with E-state index < -0.39 is 0 Å². The van der Waals surface area contributed by atoms with Crippen molar-refractivity contribution in [2.75, 3.05) is 25.6 Å². The minimum absolute atomic E-state index is 0.197. The van der Waals surface area contributed by atoms with Gasteiger partial charge in [0, 0.05) is 24.7 Å². The average molecular weight is 353 g/mol. The summed E-state index contributed by atoms with van der Waals surface area (Å²) >= 11 is 0. The zero-order valence-electron chi connectivity index (χ0n) is 15.1. The van der Waals surface area contributed by atoms with Crippen LogP contribution >= 0.6 is 0 Å². The van der Waals surface area contributed by atoms with E-state index >= 15 is 0 Å². The Balaban J connectivity index is 1.85. The third-order valence-corrected chi connectivity index (χ3v) is 4.15. The Hall–Kier alpha value is -2.86. The van der Waals surface area contributed by atoms with Gasteiger partial charge in [-0.25, -0.2) is 4.79 Å². The van der Waals surface area contributed by atoms with E-state index in [0.29, 0.717) is 19.7 Å². The zero-order chi connectivity index (χ0) is 18.4. The maximum Gasteiger partial charge on any atom is 0.322 e. The first-order chi connectivity index (χ1) is 12.7. The topological polar surface area (TPSA) is 67.6 Å². The van der Waals surface area contributed by atoms with E-state index in [1.54, 1.807) is 18.3 Å². The second kappa shape index (κ2) is 8.49. The summed E-state index contributed by atoms with van der Waals surface area (Å²) in [5.74, 6) is 0.727. The summed E-state index contributed by atoms with van der Waals surface area (Å²) in [7, 11) is 1.62. The highest BCUT2D eigenvalue weighted by atomic mass is 16.5. The summed E-state index contributed by atoms with van der Waals surface area (Å²) < 4.78 is 10.5. The number of fused-ring (bicyclic) bond motifs is 1. The number of urea groups is 1. The fourth-order valence-electron chi connectivity index (χ4n) is 2.75. The molecular weight excluding hydrogens is 330 g/mol. The van der Waals surface area contributed by atoms with E-state index in [2.05, 4.69) is 10.3 Å². The second-order valence-corrected chi connectivity index (χ2v) is 5.96. The minimum atomic E-state index is -0.197. The number of aromatic nitrogens is 1. The van der Waals surface area contributed by atoms with E-state index in [0.717, 1.165) is 34.5 Å². The summed E-state index contributed by atoms with van der Waals surface area (Å²) in [6.45, 7) is 3.34. The van der Waals surface area contributed by atoms with Crippen LogP contribution in [0.5, 0.6) is 0 Å². The monoisotopic (exact) mass is 353 g/mol. The van der Waals surface area contributed by atoms with Gasteiger partial charge in [-0.3, -0.25) is 4.98 Å². The number of pyridine rings is 1. The Morgan fingerprint density at radius 1 is 1.27 bits per heavy atom. The third-order valence-electron chi connectivity index (χ3n) is 4.15. The van der Waals surface area contributed by atoms with Crippen molar-refractivity contribution >= 4 is 22.6 Å². The van der Waals surface area contributed by atoms with Crippen molar-refractivity contribution in [2.24, 2.45) is 0 Å². The normalized spacial score (nSPS) is 10.8. The Bertz CT molecular complexity index is 862. The number of methoxy groups -OCH3 is 1. The number of anilines is 1. The molecule has 2 aromatic heterocycles. The number of furan rings is 1. The van der Waals surface area contributed by atoms with Gasteiger partial charge >= 0.3 is 6.03 Å². The lowest BCUT2D eigenvalue weighted by Crippen LogP contribution is -2.36. The van der Waals surface area contributed by atoms with E-state index in [1.165, 1.54) is 0 Å². The molecule has 2 amide bonds. The first kappa shape index (κ1) is 17.9. The van der Waals surface area contributed by atoms with Crippen molar-refractivity contribution in [3.8, 4) is 0 Å². The molecule has 6 heteroatoms. The number of rotatable bonds is 7. The second-order valence-electron chi connectivity index (χ2n) is 5.96. The molecule has 0 saturated carbocycles. The van der Waals surface area contributed by atoms with Gasteiger partial charge in [0.15, 0.2) is 0 Å². The number of hydrogen-bond donors (Lipinski definition) is 1. The fraction of sp³-hybridized carbons (Fsp3) is 0.300. The Kier molecular flexibility index (Phi) is 5.86. The highest BCUT2D eigenvalue weighted by Crippen LogP contribution is 2.24. The molecule has 0 bridgehead atoms. The van der Waals surface area contributed by atoms with E-state index in [9.17, 15) is 4.79 Å². The van der Waals surface area contributed by atoms with Crippen LogP contribution in [0.15, 0.2) is 53.1 Å². The van der Waals surface area contributed by atoms with E-state index in [-0.39, 0.29) is 6.03 Å². The fourth-order valence-corrected chi connectivity index (χ4v) is 2.75. The first-order valence-electron chi connectivity index (χ1n) is 8.67. The van der Waals surface area contributed by atoms with Crippen LogP contribution in [0.4, 0.5) is 10.5 Å². The highest BCUT2D eigenvalue weighted by Gasteiger charge is 2.17. The van der Waals surface area contributed by atoms with Crippen LogP contribution in [-0.4, -0.2) is 36.2 Å². The third kappa shape index (κ3) is 4.21. The van der Waals surface area contributed by atoms with Gasteiger partial charge in [0.05, 0.1) is 30.6 Å². The molecule has 136 valence electrons. The number of amides is 2. The van der Waals surface area contributed by atoms with Crippen molar-refractivity contribution in [3.63, 3.8) is 0 Å². The molecule has 0 saturated heterocycles. The molecule has 0 aliphatic rings. The molecule has 0 fully saturated rings. The van der Waals surface area contributed by atoms with Gasteiger partial charge in [-0.05, 0) is 30.7 Å². The van der Waals surface area contributed by atoms with Gasteiger partial charge in [-0.15, -0.1) is 0 Å². The molecular formula is C20H23N3O3. The molecule has 0 spiro atoms. The minimum Gasteiger partial charge on any atom is -0.467 e. The van der Waals surface area contributed by atoms with Gasteiger partial charge in [-0.1, -0.05) is 25.1 Å². The molecule has 6 nitrogen and oxygen atoms in total. The van der Waals surface area contributed by atoms with Crippen LogP contribution in [0.1, 0.15) is 18.4 Å². The van der Waals surface area contributed by atoms with Crippen LogP contribution in [0.25, 0.3) is 10.9 Å². The molecule has 26 heavy (non-hydrogen) atoms. The Morgan fingerprint density at radius 3 is 2.85 bits per heavy atom. The molecule has 2 heterocycles. The predicted molar refractivity (Wildman–Crippen MR) is 101 cm³/mol. The number of carbonyl (C=O) groups is 1. The molecule has 1 N–H and O–H groups in total. The average Bonchev–Trinajstić information content (AvgIpc) is 3.18. The number of nitrogens with zero attached hydrogens (tertiary/aromatic N) is 2. The Labute approximate surface area is 152 Å². The number of carbonyl (C=O) groups excluding carboxylic acids is 1.